The van der Waals surface area contributed by atoms with Gasteiger partial charge in [0.2, 0.25) is 0 Å². The van der Waals surface area contributed by atoms with E-state index in [2.05, 4.69) is 24.1 Å². The van der Waals surface area contributed by atoms with Crippen LogP contribution in [0.2, 0.25) is 0 Å². The van der Waals surface area contributed by atoms with Crippen LogP contribution in [0.5, 0.6) is 0 Å². The van der Waals surface area contributed by atoms with E-state index in [1.165, 1.54) is 44.7 Å². The summed E-state index contributed by atoms with van der Waals surface area (Å²) in [6.45, 7) is 6.29. The third kappa shape index (κ3) is 3.15. The molecule has 4 aliphatic carbocycles. The molecule has 1 unspecified atom stereocenters. The Balaban J connectivity index is 1.65. The molecule has 4 bridgehead atoms. The SMILES string of the molecule is C=CCN/C=C(/C#N)C(=O)NC(C)C12CC3CC(CC(C3)C1)C2. The number of amides is 1. The second-order valence-electron chi connectivity index (χ2n) is 7.84. The number of rotatable bonds is 6. The first-order chi connectivity index (χ1) is 11.1. The third-order valence-corrected chi connectivity index (χ3v) is 6.23. The van der Waals surface area contributed by atoms with Crippen LogP contribution < -0.4 is 10.6 Å². The highest BCUT2D eigenvalue weighted by Crippen LogP contribution is 2.61. The average Bonchev–Trinajstić information content (AvgIpc) is 2.50. The Morgan fingerprint density at radius 3 is 2.35 bits per heavy atom. The topological polar surface area (TPSA) is 64.9 Å². The maximum absolute atomic E-state index is 12.4. The number of carbonyl (C=O) groups excluding carboxylic acids is 1. The molecule has 0 heterocycles. The third-order valence-electron chi connectivity index (χ3n) is 6.23. The van der Waals surface area contributed by atoms with Gasteiger partial charge in [-0.2, -0.15) is 5.26 Å². The Hall–Kier alpha value is -1.76. The van der Waals surface area contributed by atoms with Gasteiger partial charge in [0.15, 0.2) is 0 Å². The van der Waals surface area contributed by atoms with Crippen LogP contribution in [-0.2, 0) is 4.79 Å². The van der Waals surface area contributed by atoms with Crippen molar-refractivity contribution in [1.82, 2.24) is 10.6 Å². The summed E-state index contributed by atoms with van der Waals surface area (Å²) in [6.07, 6.45) is 11.1. The Labute approximate surface area is 139 Å². The van der Waals surface area contributed by atoms with Crippen molar-refractivity contribution in [2.45, 2.75) is 51.5 Å². The molecule has 2 N–H and O–H groups in total. The highest BCUT2D eigenvalue weighted by Gasteiger charge is 2.53. The van der Waals surface area contributed by atoms with Gasteiger partial charge in [-0.15, -0.1) is 6.58 Å². The van der Waals surface area contributed by atoms with Crippen molar-refractivity contribution in [3.63, 3.8) is 0 Å². The lowest BCUT2D eigenvalue weighted by molar-refractivity contribution is -0.122. The van der Waals surface area contributed by atoms with Crippen LogP contribution in [0.4, 0.5) is 0 Å². The first-order valence-electron chi connectivity index (χ1n) is 8.81. The number of hydrogen-bond donors (Lipinski definition) is 2. The van der Waals surface area contributed by atoms with Crippen molar-refractivity contribution in [2.24, 2.45) is 23.2 Å². The molecule has 0 aromatic heterocycles. The largest absolute Gasteiger partial charge is 0.386 e. The van der Waals surface area contributed by atoms with E-state index in [4.69, 9.17) is 0 Å². The Morgan fingerprint density at radius 1 is 1.30 bits per heavy atom. The van der Waals surface area contributed by atoms with Crippen LogP contribution in [0.1, 0.15) is 45.4 Å². The van der Waals surface area contributed by atoms with Gasteiger partial charge in [0.1, 0.15) is 11.6 Å². The number of nitrogens with zero attached hydrogens (tertiary/aromatic N) is 1. The van der Waals surface area contributed by atoms with Gasteiger partial charge < -0.3 is 10.6 Å². The number of nitrogens with one attached hydrogen (secondary N) is 2. The molecule has 0 aromatic carbocycles. The van der Waals surface area contributed by atoms with E-state index in [9.17, 15) is 10.1 Å². The molecule has 0 saturated heterocycles. The molecule has 0 aliphatic heterocycles. The maximum Gasteiger partial charge on any atom is 0.263 e. The number of nitriles is 1. The van der Waals surface area contributed by atoms with E-state index < -0.39 is 0 Å². The quantitative estimate of drug-likeness (QED) is 0.343. The molecule has 4 rings (SSSR count). The smallest absolute Gasteiger partial charge is 0.263 e. The normalized spacial score (nSPS) is 36.2. The van der Waals surface area contributed by atoms with Crippen LogP contribution in [0.25, 0.3) is 0 Å². The summed E-state index contributed by atoms with van der Waals surface area (Å²) < 4.78 is 0. The summed E-state index contributed by atoms with van der Waals surface area (Å²) in [7, 11) is 0. The minimum absolute atomic E-state index is 0.138. The molecule has 4 nitrogen and oxygen atoms in total. The number of carbonyl (C=O) groups is 1. The molecule has 1 atom stereocenters. The zero-order chi connectivity index (χ0) is 16.4. The summed E-state index contributed by atoms with van der Waals surface area (Å²) in [4.78, 5) is 12.4. The van der Waals surface area contributed by atoms with E-state index in [-0.39, 0.29) is 22.9 Å². The van der Waals surface area contributed by atoms with Crippen molar-refractivity contribution in [3.8, 4) is 6.07 Å². The van der Waals surface area contributed by atoms with Gasteiger partial charge >= 0.3 is 0 Å². The van der Waals surface area contributed by atoms with Gasteiger partial charge in [0, 0.05) is 18.8 Å². The van der Waals surface area contributed by atoms with Gasteiger partial charge in [0.05, 0.1) is 0 Å². The molecular weight excluding hydrogens is 286 g/mol. The molecule has 4 aliphatic rings. The Kier molecular flexibility index (Phi) is 4.48. The molecule has 124 valence electrons. The van der Waals surface area contributed by atoms with Gasteiger partial charge in [-0.05, 0) is 68.6 Å². The van der Waals surface area contributed by atoms with E-state index in [1.807, 2.05) is 6.07 Å². The molecule has 4 fully saturated rings. The summed E-state index contributed by atoms with van der Waals surface area (Å²) in [6, 6.07) is 2.13. The van der Waals surface area contributed by atoms with Crippen molar-refractivity contribution < 1.29 is 4.79 Å². The zero-order valence-electron chi connectivity index (χ0n) is 14.0. The lowest BCUT2D eigenvalue weighted by Crippen LogP contribution is -2.56. The monoisotopic (exact) mass is 313 g/mol. The van der Waals surface area contributed by atoms with Gasteiger partial charge in [-0.3, -0.25) is 4.79 Å². The Morgan fingerprint density at radius 2 is 1.87 bits per heavy atom. The summed E-state index contributed by atoms with van der Waals surface area (Å²) in [5, 5.41) is 15.2. The molecule has 4 heteroatoms. The van der Waals surface area contributed by atoms with E-state index >= 15 is 0 Å². The predicted molar refractivity (Wildman–Crippen MR) is 90.1 cm³/mol. The summed E-state index contributed by atoms with van der Waals surface area (Å²) >= 11 is 0. The van der Waals surface area contributed by atoms with Gasteiger partial charge in [0.25, 0.3) is 5.91 Å². The molecule has 23 heavy (non-hydrogen) atoms. The average molecular weight is 313 g/mol. The fourth-order valence-corrected chi connectivity index (χ4v) is 5.53. The van der Waals surface area contributed by atoms with Crippen LogP contribution in [-0.4, -0.2) is 18.5 Å². The van der Waals surface area contributed by atoms with Crippen LogP contribution in [0, 0.1) is 34.5 Å². The summed E-state index contributed by atoms with van der Waals surface area (Å²) in [5.41, 5.74) is 0.405. The van der Waals surface area contributed by atoms with Crippen LogP contribution in [0.3, 0.4) is 0 Å². The predicted octanol–water partition coefficient (Wildman–Crippen LogP) is 2.89. The van der Waals surface area contributed by atoms with Crippen molar-refractivity contribution in [3.05, 3.63) is 24.4 Å². The Bertz CT molecular complexity index is 522. The zero-order valence-corrected chi connectivity index (χ0v) is 14.0. The molecule has 4 saturated carbocycles. The molecule has 0 radical (unpaired) electrons. The molecule has 0 aromatic rings. The second kappa shape index (κ2) is 6.39. The first-order valence-corrected chi connectivity index (χ1v) is 8.81. The highest BCUT2D eigenvalue weighted by atomic mass is 16.1. The molecule has 1 amide bonds. The lowest BCUT2D eigenvalue weighted by atomic mass is 9.48. The van der Waals surface area contributed by atoms with E-state index in [1.54, 1.807) is 6.08 Å². The van der Waals surface area contributed by atoms with Crippen molar-refractivity contribution in [2.75, 3.05) is 6.54 Å². The van der Waals surface area contributed by atoms with Crippen LogP contribution in [0.15, 0.2) is 24.4 Å². The van der Waals surface area contributed by atoms with E-state index in [0.29, 0.717) is 6.54 Å². The van der Waals surface area contributed by atoms with E-state index in [0.717, 1.165) is 17.8 Å². The van der Waals surface area contributed by atoms with Gasteiger partial charge in [-0.25, -0.2) is 0 Å². The van der Waals surface area contributed by atoms with Crippen molar-refractivity contribution in [1.29, 1.82) is 5.26 Å². The lowest BCUT2D eigenvalue weighted by Gasteiger charge is -2.59. The highest BCUT2D eigenvalue weighted by molar-refractivity contribution is 5.97. The fourth-order valence-electron chi connectivity index (χ4n) is 5.53. The van der Waals surface area contributed by atoms with Gasteiger partial charge in [-0.1, -0.05) is 6.08 Å². The number of hydrogen-bond acceptors (Lipinski definition) is 3. The first kappa shape index (κ1) is 16.1. The van der Waals surface area contributed by atoms with Crippen molar-refractivity contribution >= 4 is 5.91 Å². The molecular formula is C19H27N3O. The maximum atomic E-state index is 12.4. The minimum atomic E-state index is -0.257. The standard InChI is InChI=1S/C19H27N3O/c1-3-4-21-12-17(11-20)18(23)22-13(2)19-8-14-5-15(9-19)7-16(6-14)10-19/h3,12-16,21H,1,4-10H2,2H3,(H,22,23)/b17-12-. The second-order valence-corrected chi connectivity index (χ2v) is 7.84. The minimum Gasteiger partial charge on any atom is -0.386 e. The summed E-state index contributed by atoms with van der Waals surface area (Å²) in [5.74, 6) is 2.33. The molecule has 0 spiro atoms. The fraction of sp³-hybridized carbons (Fsp3) is 0.684. The van der Waals surface area contributed by atoms with Crippen LogP contribution >= 0.6 is 0 Å².